The maximum atomic E-state index is 12.1. The zero-order valence-corrected chi connectivity index (χ0v) is 13.1. The van der Waals surface area contributed by atoms with Gasteiger partial charge in [-0.15, -0.1) is 0 Å². The highest BCUT2D eigenvalue weighted by Gasteiger charge is 2.19. The summed E-state index contributed by atoms with van der Waals surface area (Å²) in [6, 6.07) is 4.96. The first-order valence-corrected chi connectivity index (χ1v) is 7.52. The quantitative estimate of drug-likeness (QED) is 0.863. The fourth-order valence-electron chi connectivity index (χ4n) is 2.42. The van der Waals surface area contributed by atoms with Crippen LogP contribution < -0.4 is 14.8 Å². The predicted octanol–water partition coefficient (Wildman–Crippen LogP) is 1.45. The number of nitrogens with zero attached hydrogens (tertiary/aromatic N) is 1. The minimum atomic E-state index is -0.295. The van der Waals surface area contributed by atoms with Gasteiger partial charge in [-0.1, -0.05) is 0 Å². The minimum absolute atomic E-state index is 0.0226. The van der Waals surface area contributed by atoms with Gasteiger partial charge in [0.2, 0.25) is 5.91 Å². The van der Waals surface area contributed by atoms with Crippen LogP contribution in [-0.4, -0.2) is 50.1 Å². The normalized spacial score (nSPS) is 13.8. The Hall–Kier alpha value is -2.24. The van der Waals surface area contributed by atoms with Gasteiger partial charge in [-0.3, -0.25) is 9.59 Å². The van der Waals surface area contributed by atoms with Gasteiger partial charge < -0.3 is 19.7 Å². The summed E-state index contributed by atoms with van der Waals surface area (Å²) in [5.74, 6) is 0.760. The SMILES string of the molecule is CCOc1cc(C(=O)NCC(=O)N2CCCC2)ccc1OC. The lowest BCUT2D eigenvalue weighted by molar-refractivity contribution is -0.129. The van der Waals surface area contributed by atoms with Crippen molar-refractivity contribution < 1.29 is 19.1 Å². The fraction of sp³-hybridized carbons (Fsp3) is 0.500. The van der Waals surface area contributed by atoms with E-state index in [1.165, 1.54) is 0 Å². The smallest absolute Gasteiger partial charge is 0.251 e. The molecule has 0 spiro atoms. The van der Waals surface area contributed by atoms with Gasteiger partial charge in [0, 0.05) is 18.7 Å². The lowest BCUT2D eigenvalue weighted by Crippen LogP contribution is -2.38. The van der Waals surface area contributed by atoms with Gasteiger partial charge >= 0.3 is 0 Å². The predicted molar refractivity (Wildman–Crippen MR) is 82.3 cm³/mol. The summed E-state index contributed by atoms with van der Waals surface area (Å²) in [6.07, 6.45) is 2.08. The Kier molecular flexibility index (Phi) is 5.63. The van der Waals surface area contributed by atoms with Crippen LogP contribution in [0.1, 0.15) is 30.1 Å². The van der Waals surface area contributed by atoms with Crippen molar-refractivity contribution in [1.82, 2.24) is 10.2 Å². The average Bonchev–Trinajstić information content (AvgIpc) is 3.07. The third-order valence-corrected chi connectivity index (χ3v) is 3.58. The van der Waals surface area contributed by atoms with E-state index in [4.69, 9.17) is 9.47 Å². The van der Waals surface area contributed by atoms with Crippen LogP contribution in [0, 0.1) is 0 Å². The van der Waals surface area contributed by atoms with E-state index in [0.717, 1.165) is 25.9 Å². The number of hydrogen-bond donors (Lipinski definition) is 1. The van der Waals surface area contributed by atoms with E-state index in [1.54, 1.807) is 30.2 Å². The van der Waals surface area contributed by atoms with Gasteiger partial charge in [0.15, 0.2) is 11.5 Å². The first kappa shape index (κ1) is 16.1. The standard InChI is InChI=1S/C16H22N2O4/c1-3-22-14-10-12(6-7-13(14)21-2)16(20)17-11-15(19)18-8-4-5-9-18/h6-7,10H,3-5,8-9,11H2,1-2H3,(H,17,20). The summed E-state index contributed by atoms with van der Waals surface area (Å²) in [7, 11) is 1.55. The number of methoxy groups -OCH3 is 1. The van der Waals surface area contributed by atoms with E-state index in [2.05, 4.69) is 5.32 Å². The molecule has 1 heterocycles. The number of rotatable bonds is 6. The molecule has 0 atom stereocenters. The summed E-state index contributed by atoms with van der Waals surface area (Å²) in [5, 5.41) is 2.66. The number of ether oxygens (including phenoxy) is 2. The molecule has 0 unspecified atom stereocenters. The summed E-state index contributed by atoms with van der Waals surface area (Å²) in [6.45, 7) is 3.93. The molecule has 1 aromatic rings. The van der Waals surface area contributed by atoms with E-state index >= 15 is 0 Å². The number of amides is 2. The molecule has 1 fully saturated rings. The molecular weight excluding hydrogens is 284 g/mol. The molecule has 2 rings (SSSR count). The van der Waals surface area contributed by atoms with Crippen LogP contribution in [0.3, 0.4) is 0 Å². The summed E-state index contributed by atoms with van der Waals surface area (Å²) in [4.78, 5) is 25.8. The van der Waals surface area contributed by atoms with Crippen LogP contribution in [0.4, 0.5) is 0 Å². The Morgan fingerprint density at radius 3 is 2.59 bits per heavy atom. The van der Waals surface area contributed by atoms with E-state index in [9.17, 15) is 9.59 Å². The Balaban J connectivity index is 1.96. The summed E-state index contributed by atoms with van der Waals surface area (Å²) < 4.78 is 10.6. The topological polar surface area (TPSA) is 67.9 Å². The fourth-order valence-corrected chi connectivity index (χ4v) is 2.42. The molecule has 1 aliphatic rings. The van der Waals surface area contributed by atoms with Crippen LogP contribution in [0.2, 0.25) is 0 Å². The van der Waals surface area contributed by atoms with Gasteiger partial charge in [-0.25, -0.2) is 0 Å². The van der Waals surface area contributed by atoms with Crippen molar-refractivity contribution >= 4 is 11.8 Å². The van der Waals surface area contributed by atoms with E-state index in [0.29, 0.717) is 23.7 Å². The number of hydrogen-bond acceptors (Lipinski definition) is 4. The zero-order valence-electron chi connectivity index (χ0n) is 13.1. The molecule has 0 aromatic heterocycles. The van der Waals surface area contributed by atoms with E-state index in [-0.39, 0.29) is 18.4 Å². The minimum Gasteiger partial charge on any atom is -0.493 e. The first-order valence-electron chi connectivity index (χ1n) is 7.52. The molecule has 0 aliphatic carbocycles. The highest BCUT2D eigenvalue weighted by Crippen LogP contribution is 2.27. The number of carbonyl (C=O) groups is 2. The molecule has 0 bridgehead atoms. The lowest BCUT2D eigenvalue weighted by atomic mass is 10.2. The summed E-state index contributed by atoms with van der Waals surface area (Å²) >= 11 is 0. The maximum absolute atomic E-state index is 12.1. The largest absolute Gasteiger partial charge is 0.493 e. The molecule has 0 saturated carbocycles. The lowest BCUT2D eigenvalue weighted by Gasteiger charge is -2.15. The Bertz CT molecular complexity index is 539. The van der Waals surface area contributed by atoms with Gasteiger partial charge in [-0.05, 0) is 38.0 Å². The van der Waals surface area contributed by atoms with Crippen molar-refractivity contribution in [2.45, 2.75) is 19.8 Å². The molecule has 0 radical (unpaired) electrons. The van der Waals surface area contributed by atoms with Gasteiger partial charge in [0.1, 0.15) is 0 Å². The van der Waals surface area contributed by atoms with Crippen LogP contribution in [-0.2, 0) is 4.79 Å². The highest BCUT2D eigenvalue weighted by molar-refractivity contribution is 5.97. The molecule has 6 nitrogen and oxygen atoms in total. The summed E-state index contributed by atoms with van der Waals surface area (Å²) in [5.41, 5.74) is 0.443. The molecule has 2 amide bonds. The molecule has 120 valence electrons. The monoisotopic (exact) mass is 306 g/mol. The molecule has 1 aromatic carbocycles. The second-order valence-corrected chi connectivity index (χ2v) is 5.07. The van der Waals surface area contributed by atoms with E-state index < -0.39 is 0 Å². The van der Waals surface area contributed by atoms with Crippen LogP contribution in [0.15, 0.2) is 18.2 Å². The third kappa shape index (κ3) is 3.90. The van der Waals surface area contributed by atoms with Gasteiger partial charge in [-0.2, -0.15) is 0 Å². The zero-order chi connectivity index (χ0) is 15.9. The number of nitrogens with one attached hydrogen (secondary N) is 1. The number of benzene rings is 1. The average molecular weight is 306 g/mol. The molecular formula is C16H22N2O4. The third-order valence-electron chi connectivity index (χ3n) is 3.58. The Morgan fingerprint density at radius 1 is 1.23 bits per heavy atom. The molecule has 1 saturated heterocycles. The van der Waals surface area contributed by atoms with Crippen LogP contribution in [0.5, 0.6) is 11.5 Å². The Morgan fingerprint density at radius 2 is 1.95 bits per heavy atom. The van der Waals surface area contributed by atoms with Crippen molar-refractivity contribution in [2.24, 2.45) is 0 Å². The van der Waals surface area contributed by atoms with Crippen LogP contribution in [0.25, 0.3) is 0 Å². The van der Waals surface area contributed by atoms with Crippen molar-refractivity contribution in [2.75, 3.05) is 33.4 Å². The molecule has 1 N–H and O–H groups in total. The van der Waals surface area contributed by atoms with Crippen molar-refractivity contribution in [3.63, 3.8) is 0 Å². The van der Waals surface area contributed by atoms with Gasteiger partial charge in [0.25, 0.3) is 5.91 Å². The maximum Gasteiger partial charge on any atom is 0.251 e. The number of likely N-dealkylation sites (tertiary alicyclic amines) is 1. The first-order chi connectivity index (χ1) is 10.7. The second-order valence-electron chi connectivity index (χ2n) is 5.07. The molecule has 1 aliphatic heterocycles. The second kappa shape index (κ2) is 7.68. The molecule has 6 heteroatoms. The van der Waals surface area contributed by atoms with Crippen molar-refractivity contribution in [3.05, 3.63) is 23.8 Å². The Labute approximate surface area is 130 Å². The van der Waals surface area contributed by atoms with Crippen molar-refractivity contribution in [1.29, 1.82) is 0 Å². The van der Waals surface area contributed by atoms with Crippen LogP contribution >= 0.6 is 0 Å². The van der Waals surface area contributed by atoms with Crippen molar-refractivity contribution in [3.8, 4) is 11.5 Å². The van der Waals surface area contributed by atoms with Gasteiger partial charge in [0.05, 0.1) is 20.3 Å². The number of carbonyl (C=O) groups excluding carboxylic acids is 2. The van der Waals surface area contributed by atoms with E-state index in [1.807, 2.05) is 6.92 Å². The highest BCUT2D eigenvalue weighted by atomic mass is 16.5. The molecule has 22 heavy (non-hydrogen) atoms.